The molecule has 2 aromatic carbocycles. The molecule has 0 saturated carbocycles. The summed E-state index contributed by atoms with van der Waals surface area (Å²) in [6, 6.07) is 11.0. The summed E-state index contributed by atoms with van der Waals surface area (Å²) in [6.07, 6.45) is 4.00. The lowest BCUT2D eigenvalue weighted by molar-refractivity contribution is 0.111. The number of hydrogen-bond acceptors (Lipinski definition) is 7. The Morgan fingerprint density at radius 1 is 1.12 bits per heavy atom. The number of ether oxygens (including phenoxy) is 1. The van der Waals surface area contributed by atoms with Gasteiger partial charge in [0.15, 0.2) is 5.82 Å². The minimum Gasteiger partial charge on any atom is -0.508 e. The molecule has 2 aromatic heterocycles. The zero-order valence-corrected chi connectivity index (χ0v) is 23.0. The number of fused-ring (bicyclic) bond motifs is 5. The van der Waals surface area contributed by atoms with Gasteiger partial charge in [0.1, 0.15) is 24.3 Å². The molecular weight excluding hydrogens is 530 g/mol. The van der Waals surface area contributed by atoms with Crippen LogP contribution < -0.4 is 15.0 Å². The number of anilines is 1. The number of nitrogens with zero attached hydrogens (tertiary/aromatic N) is 3. The normalized spacial score (nSPS) is 28.1. The number of nitrogens with one attached hydrogen (secondary N) is 1. The van der Waals surface area contributed by atoms with Gasteiger partial charge < -0.3 is 20.1 Å². The Morgan fingerprint density at radius 3 is 2.83 bits per heavy atom. The molecular formula is C31H32F2N4O2S. The number of phenols is 1. The lowest BCUT2D eigenvalue weighted by Gasteiger charge is -2.34. The number of rotatable bonds is 5. The van der Waals surface area contributed by atoms with Crippen molar-refractivity contribution >= 4 is 38.0 Å². The standard InChI is InChI=1S/C31H32F2N4O2S/c32-19-12-31(7-2-8-37(31)13-19)17-39-27-11-24-25(23-10-22(38)9-18-3-1-4-26(33)28(18)23)16-40-29(24)30(35-27)36-14-20-5-6-21(15-36)34-20/h1,3-4,9-11,16,19-21,34,38H,2,5-8,12-15,17H2/t19-,20?,21?,31+/m1/s1. The van der Waals surface area contributed by atoms with Gasteiger partial charge in [0.2, 0.25) is 5.88 Å². The van der Waals surface area contributed by atoms with Crippen molar-refractivity contribution in [1.82, 2.24) is 15.2 Å². The number of thiophene rings is 1. The van der Waals surface area contributed by atoms with E-state index in [-0.39, 0.29) is 17.1 Å². The van der Waals surface area contributed by atoms with Gasteiger partial charge in [-0.3, -0.25) is 4.90 Å². The van der Waals surface area contributed by atoms with Gasteiger partial charge >= 0.3 is 0 Å². The van der Waals surface area contributed by atoms with Crippen LogP contribution in [0.4, 0.5) is 14.6 Å². The van der Waals surface area contributed by atoms with E-state index in [1.54, 1.807) is 29.5 Å². The third kappa shape index (κ3) is 3.96. The van der Waals surface area contributed by atoms with Crippen LogP contribution in [-0.2, 0) is 0 Å². The van der Waals surface area contributed by atoms with E-state index in [2.05, 4.69) is 15.1 Å². The Balaban J connectivity index is 1.25. The molecule has 0 radical (unpaired) electrons. The fourth-order valence-corrected chi connectivity index (χ4v) is 8.76. The quantitative estimate of drug-likeness (QED) is 0.318. The van der Waals surface area contributed by atoms with Gasteiger partial charge in [0.25, 0.3) is 0 Å². The van der Waals surface area contributed by atoms with Crippen LogP contribution in [0.3, 0.4) is 0 Å². The molecule has 9 heteroatoms. The molecule has 0 amide bonds. The van der Waals surface area contributed by atoms with Crippen molar-refractivity contribution in [3.63, 3.8) is 0 Å². The van der Waals surface area contributed by atoms with Gasteiger partial charge in [-0.2, -0.15) is 4.98 Å². The van der Waals surface area contributed by atoms with Crippen LogP contribution in [0.25, 0.3) is 32.0 Å². The van der Waals surface area contributed by atoms with Crippen LogP contribution in [0.2, 0.25) is 0 Å². The van der Waals surface area contributed by atoms with Crippen molar-refractivity contribution in [2.75, 3.05) is 37.7 Å². The third-order valence-corrected chi connectivity index (χ3v) is 10.5. The molecule has 0 aliphatic carbocycles. The molecule has 4 aliphatic rings. The van der Waals surface area contributed by atoms with Crippen molar-refractivity contribution in [1.29, 1.82) is 0 Å². The Labute approximate surface area is 235 Å². The average Bonchev–Trinajstić information content (AvgIpc) is 3.68. The molecule has 2 unspecified atom stereocenters. The van der Waals surface area contributed by atoms with Crippen LogP contribution in [0.1, 0.15) is 32.1 Å². The minimum absolute atomic E-state index is 0.0966. The molecule has 6 heterocycles. The minimum atomic E-state index is -0.816. The second kappa shape index (κ2) is 9.26. The second-order valence-corrected chi connectivity index (χ2v) is 12.9. The van der Waals surface area contributed by atoms with E-state index in [4.69, 9.17) is 9.72 Å². The number of aromatic nitrogens is 1. The van der Waals surface area contributed by atoms with E-state index < -0.39 is 6.17 Å². The highest BCUT2D eigenvalue weighted by molar-refractivity contribution is 7.18. The largest absolute Gasteiger partial charge is 0.508 e. The SMILES string of the molecule is Oc1cc(-c2csc3c(N4CC5CCC(C4)N5)nc(OC[C@@]45CCCN4C[C@H](F)C5)cc23)c2c(F)cccc2c1. The lowest BCUT2D eigenvalue weighted by atomic mass is 9.95. The highest BCUT2D eigenvalue weighted by Crippen LogP contribution is 2.45. The topological polar surface area (TPSA) is 60.9 Å². The van der Waals surface area contributed by atoms with E-state index in [0.29, 0.717) is 53.9 Å². The van der Waals surface area contributed by atoms with Crippen LogP contribution in [0, 0.1) is 5.82 Å². The highest BCUT2D eigenvalue weighted by Gasteiger charge is 2.49. The van der Waals surface area contributed by atoms with Crippen molar-refractivity contribution < 1.29 is 18.6 Å². The first-order valence-corrected chi connectivity index (χ1v) is 15.2. The van der Waals surface area contributed by atoms with Crippen LogP contribution >= 0.6 is 11.3 Å². The molecule has 2 N–H and O–H groups in total. The number of halogens is 2. The summed E-state index contributed by atoms with van der Waals surface area (Å²) < 4.78 is 37.1. The van der Waals surface area contributed by atoms with Gasteiger partial charge in [-0.05, 0) is 66.8 Å². The van der Waals surface area contributed by atoms with Gasteiger partial charge in [0.05, 0.1) is 10.2 Å². The van der Waals surface area contributed by atoms with Crippen molar-refractivity contribution in [2.45, 2.75) is 55.9 Å². The van der Waals surface area contributed by atoms with Crippen LogP contribution in [0.15, 0.2) is 41.8 Å². The number of hydrogen-bond donors (Lipinski definition) is 2. The first-order chi connectivity index (χ1) is 19.5. The maximum absolute atomic E-state index is 15.2. The summed E-state index contributed by atoms with van der Waals surface area (Å²) >= 11 is 1.60. The molecule has 4 aliphatic heterocycles. The van der Waals surface area contributed by atoms with Crippen molar-refractivity contribution in [3.05, 3.63) is 47.6 Å². The fourth-order valence-electron chi connectivity index (χ4n) is 7.70. The number of aromatic hydroxyl groups is 1. The fraction of sp³-hybridized carbons (Fsp3) is 0.452. The summed E-state index contributed by atoms with van der Waals surface area (Å²) in [7, 11) is 0. The molecule has 0 spiro atoms. The summed E-state index contributed by atoms with van der Waals surface area (Å²) in [4.78, 5) is 9.68. The summed E-state index contributed by atoms with van der Waals surface area (Å²) in [5.41, 5.74) is 1.23. The molecule has 4 fully saturated rings. The second-order valence-electron chi connectivity index (χ2n) is 12.0. The van der Waals surface area contributed by atoms with E-state index in [0.717, 1.165) is 66.8 Å². The molecule has 6 nitrogen and oxygen atoms in total. The number of benzene rings is 2. The van der Waals surface area contributed by atoms with E-state index >= 15 is 4.39 Å². The average molecular weight is 563 g/mol. The molecule has 4 atom stereocenters. The Hall–Kier alpha value is -3.01. The molecule has 208 valence electrons. The van der Waals surface area contributed by atoms with Crippen LogP contribution in [0.5, 0.6) is 11.6 Å². The Bertz CT molecular complexity index is 1620. The molecule has 2 bridgehead atoms. The zero-order valence-electron chi connectivity index (χ0n) is 22.2. The lowest BCUT2D eigenvalue weighted by Crippen LogP contribution is -2.51. The van der Waals surface area contributed by atoms with E-state index in [1.807, 2.05) is 17.5 Å². The number of alkyl halides is 1. The number of phenolic OH excluding ortho intramolecular Hbond substituents is 1. The van der Waals surface area contributed by atoms with Gasteiger partial charge in [0, 0.05) is 60.5 Å². The summed E-state index contributed by atoms with van der Waals surface area (Å²) in [6.45, 7) is 3.55. The first-order valence-electron chi connectivity index (χ1n) is 14.3. The molecule has 4 aromatic rings. The monoisotopic (exact) mass is 562 g/mol. The Kier molecular flexibility index (Phi) is 5.73. The Morgan fingerprint density at radius 2 is 1.98 bits per heavy atom. The zero-order chi connectivity index (χ0) is 27.0. The molecule has 40 heavy (non-hydrogen) atoms. The first kappa shape index (κ1) is 24.8. The van der Waals surface area contributed by atoms with E-state index in [1.165, 1.54) is 6.07 Å². The van der Waals surface area contributed by atoms with Crippen molar-refractivity contribution in [3.8, 4) is 22.8 Å². The van der Waals surface area contributed by atoms with Crippen LogP contribution in [-0.4, -0.2) is 71.6 Å². The van der Waals surface area contributed by atoms with Crippen molar-refractivity contribution in [2.24, 2.45) is 0 Å². The smallest absolute Gasteiger partial charge is 0.215 e. The predicted octanol–water partition coefficient (Wildman–Crippen LogP) is 5.86. The number of piperazine rings is 1. The molecule has 4 saturated heterocycles. The summed E-state index contributed by atoms with van der Waals surface area (Å²) in [5, 5.41) is 18.4. The third-order valence-electron chi connectivity index (χ3n) is 9.48. The number of pyridine rings is 1. The van der Waals surface area contributed by atoms with E-state index in [9.17, 15) is 9.50 Å². The van der Waals surface area contributed by atoms with Gasteiger partial charge in [-0.25, -0.2) is 8.78 Å². The predicted molar refractivity (Wildman–Crippen MR) is 155 cm³/mol. The highest BCUT2D eigenvalue weighted by atomic mass is 32.1. The van der Waals surface area contributed by atoms with Gasteiger partial charge in [-0.1, -0.05) is 12.1 Å². The maximum atomic E-state index is 15.2. The summed E-state index contributed by atoms with van der Waals surface area (Å²) in [5.74, 6) is 1.18. The van der Waals surface area contributed by atoms with Gasteiger partial charge in [-0.15, -0.1) is 11.3 Å². The molecule has 8 rings (SSSR count). The maximum Gasteiger partial charge on any atom is 0.215 e.